The summed E-state index contributed by atoms with van der Waals surface area (Å²) in [4.78, 5) is 2.93. The standard InChI is InChI=1S/C54H32S4/c1-3-8-31(9-4-1)35-14-22-47-43(27-35)39-18-20-41-45-29-37(16-24-49(45)57-53(41)51(39)55-47)33-12-7-13-34(26-33)38-17-25-50-46(30-38)42-21-19-40-44-28-36(32-10-5-2-6-11-32)15-23-48(44)56-52(40)54(42)58-50/h1-29,46H,30H2. The molecule has 272 valence electrons. The zero-order chi connectivity index (χ0) is 37.9. The lowest BCUT2D eigenvalue weighted by molar-refractivity contribution is 0.854. The molecule has 0 nitrogen and oxygen atoms in total. The molecule has 1 aliphatic carbocycles. The molecule has 0 radical (unpaired) electrons. The minimum absolute atomic E-state index is 0.405. The Morgan fingerprint density at radius 2 is 0.845 bits per heavy atom. The first-order valence-corrected chi connectivity index (χ1v) is 23.1. The Balaban J connectivity index is 0.823. The van der Waals surface area contributed by atoms with E-state index in [-0.39, 0.29) is 0 Å². The number of fused-ring (bicyclic) bond motifs is 14. The fourth-order valence-electron chi connectivity index (χ4n) is 9.36. The normalized spacial score (nSPS) is 15.1. The van der Waals surface area contributed by atoms with Gasteiger partial charge in [0.1, 0.15) is 0 Å². The molecule has 0 fully saturated rings. The van der Waals surface area contributed by atoms with E-state index in [0.717, 1.165) is 6.42 Å². The van der Waals surface area contributed by atoms with Crippen LogP contribution in [0.25, 0.3) is 99.5 Å². The molecule has 1 unspecified atom stereocenters. The maximum absolute atomic E-state index is 2.43. The van der Waals surface area contributed by atoms with E-state index in [1.54, 1.807) is 0 Å². The van der Waals surface area contributed by atoms with Gasteiger partial charge in [0.15, 0.2) is 0 Å². The van der Waals surface area contributed by atoms with Crippen molar-refractivity contribution in [2.45, 2.75) is 17.2 Å². The van der Waals surface area contributed by atoms with Crippen molar-refractivity contribution in [1.29, 1.82) is 0 Å². The zero-order valence-corrected chi connectivity index (χ0v) is 34.4. The molecule has 0 bridgehead atoms. The van der Waals surface area contributed by atoms with Gasteiger partial charge in [0, 0.05) is 61.9 Å². The molecule has 8 aromatic carbocycles. The van der Waals surface area contributed by atoms with Crippen LogP contribution in [-0.2, 0) is 0 Å². The average Bonchev–Trinajstić information content (AvgIpc) is 4.06. The van der Waals surface area contributed by atoms with Crippen LogP contribution >= 0.6 is 45.8 Å². The third-order valence-electron chi connectivity index (χ3n) is 12.3. The predicted octanol–water partition coefficient (Wildman–Crippen LogP) is 17.4. The quantitative estimate of drug-likeness (QED) is 0.171. The molecule has 2 aliphatic rings. The summed E-state index contributed by atoms with van der Waals surface area (Å²) in [6.45, 7) is 0. The number of thiophene rings is 3. The zero-order valence-electron chi connectivity index (χ0n) is 31.2. The molecule has 0 saturated carbocycles. The molecule has 3 aromatic heterocycles. The highest BCUT2D eigenvalue weighted by molar-refractivity contribution is 8.03. The van der Waals surface area contributed by atoms with Crippen LogP contribution in [0.2, 0.25) is 0 Å². The fraction of sp³-hybridized carbons (Fsp3) is 0.0370. The Bertz CT molecular complexity index is 3560. The van der Waals surface area contributed by atoms with E-state index in [9.17, 15) is 0 Å². The van der Waals surface area contributed by atoms with Gasteiger partial charge in [0.25, 0.3) is 0 Å². The van der Waals surface area contributed by atoms with Gasteiger partial charge in [-0.25, -0.2) is 0 Å². The van der Waals surface area contributed by atoms with Crippen molar-refractivity contribution in [2.75, 3.05) is 0 Å². The van der Waals surface area contributed by atoms with E-state index in [4.69, 9.17) is 0 Å². The van der Waals surface area contributed by atoms with Crippen molar-refractivity contribution in [3.8, 4) is 33.4 Å². The molecule has 0 amide bonds. The van der Waals surface area contributed by atoms with E-state index in [1.807, 2.05) is 45.8 Å². The summed E-state index contributed by atoms with van der Waals surface area (Å²) in [7, 11) is 0. The Morgan fingerprint density at radius 1 is 0.362 bits per heavy atom. The van der Waals surface area contributed by atoms with Gasteiger partial charge in [0.2, 0.25) is 0 Å². The van der Waals surface area contributed by atoms with E-state index in [0.29, 0.717) is 5.92 Å². The Kier molecular flexibility index (Phi) is 7.38. The van der Waals surface area contributed by atoms with E-state index in [2.05, 4.69) is 176 Å². The Hall–Kier alpha value is -5.75. The summed E-state index contributed by atoms with van der Waals surface area (Å²) in [5, 5.41) is 8.16. The van der Waals surface area contributed by atoms with Crippen molar-refractivity contribution < 1.29 is 0 Å². The van der Waals surface area contributed by atoms with E-state index >= 15 is 0 Å². The first-order valence-electron chi connectivity index (χ1n) is 19.8. The molecule has 11 aromatic rings. The summed E-state index contributed by atoms with van der Waals surface area (Å²) in [6, 6.07) is 61.2. The SMILES string of the molecule is C1=C(c2cccc(-c3ccc4sc5c(ccc6c7cc(-c8ccccc8)ccc7sc65)c4c3)c2)CC2C(=C1)Sc1c2ccc2c1sc1ccc(-c3ccccc3)cc12. The molecule has 13 rings (SSSR count). The van der Waals surface area contributed by atoms with Gasteiger partial charge in [-0.1, -0.05) is 145 Å². The molecule has 0 saturated heterocycles. The van der Waals surface area contributed by atoms with Crippen molar-refractivity contribution in [1.82, 2.24) is 0 Å². The lowest BCUT2D eigenvalue weighted by atomic mass is 9.84. The number of thioether (sulfide) groups is 1. The minimum atomic E-state index is 0.405. The number of hydrogen-bond acceptors (Lipinski definition) is 4. The summed E-state index contributed by atoms with van der Waals surface area (Å²) in [5.41, 5.74) is 11.9. The molecule has 58 heavy (non-hydrogen) atoms. The topological polar surface area (TPSA) is 0 Å². The van der Waals surface area contributed by atoms with Crippen LogP contribution in [-0.4, -0.2) is 0 Å². The summed E-state index contributed by atoms with van der Waals surface area (Å²) >= 11 is 7.81. The lowest BCUT2D eigenvalue weighted by Gasteiger charge is -2.20. The van der Waals surface area contributed by atoms with E-state index < -0.39 is 0 Å². The first kappa shape index (κ1) is 33.2. The highest BCUT2D eigenvalue weighted by atomic mass is 32.2. The smallest absolute Gasteiger partial charge is 0.0534 e. The van der Waals surface area contributed by atoms with Crippen LogP contribution in [0.3, 0.4) is 0 Å². The number of rotatable bonds is 4. The summed E-state index contributed by atoms with van der Waals surface area (Å²) in [6.07, 6.45) is 5.80. The van der Waals surface area contributed by atoms with E-state index in [1.165, 1.54) is 120 Å². The molecular formula is C54H32S4. The van der Waals surface area contributed by atoms with Gasteiger partial charge in [-0.05, 0) is 104 Å². The van der Waals surface area contributed by atoms with Gasteiger partial charge < -0.3 is 0 Å². The Morgan fingerprint density at radius 3 is 1.45 bits per heavy atom. The van der Waals surface area contributed by atoms with Crippen LogP contribution < -0.4 is 0 Å². The average molecular weight is 809 g/mol. The van der Waals surface area contributed by atoms with Crippen LogP contribution in [0.4, 0.5) is 0 Å². The largest absolute Gasteiger partial charge is 0.134 e. The molecule has 4 heteroatoms. The van der Waals surface area contributed by atoms with Gasteiger partial charge in [0.05, 0.1) is 9.40 Å². The molecule has 1 aliphatic heterocycles. The maximum Gasteiger partial charge on any atom is 0.0534 e. The minimum Gasteiger partial charge on any atom is -0.134 e. The summed E-state index contributed by atoms with van der Waals surface area (Å²) < 4.78 is 8.29. The van der Waals surface area contributed by atoms with Crippen LogP contribution in [0.1, 0.15) is 23.5 Å². The highest BCUT2D eigenvalue weighted by Gasteiger charge is 2.33. The second-order valence-electron chi connectivity index (χ2n) is 15.6. The predicted molar refractivity (Wildman–Crippen MR) is 257 cm³/mol. The number of allylic oxidation sites excluding steroid dienone is 4. The highest BCUT2D eigenvalue weighted by Crippen LogP contribution is 2.57. The Labute approximate surface area is 352 Å². The van der Waals surface area contributed by atoms with Crippen LogP contribution in [0.15, 0.2) is 186 Å². The van der Waals surface area contributed by atoms with Gasteiger partial charge in [-0.2, -0.15) is 0 Å². The number of benzene rings is 8. The van der Waals surface area contributed by atoms with Crippen molar-refractivity contribution in [3.63, 3.8) is 0 Å². The fourth-order valence-corrected chi connectivity index (χ4v) is 14.5. The van der Waals surface area contributed by atoms with Crippen LogP contribution in [0, 0.1) is 0 Å². The molecule has 1 atom stereocenters. The van der Waals surface area contributed by atoms with Crippen molar-refractivity contribution >= 4 is 112 Å². The third-order valence-corrected chi connectivity index (χ3v) is 17.5. The molecule has 4 heterocycles. The second-order valence-corrected chi connectivity index (χ2v) is 19.8. The van der Waals surface area contributed by atoms with Crippen molar-refractivity contribution in [3.05, 3.63) is 192 Å². The van der Waals surface area contributed by atoms with Crippen LogP contribution in [0.5, 0.6) is 0 Å². The summed E-state index contributed by atoms with van der Waals surface area (Å²) in [5.74, 6) is 0.405. The van der Waals surface area contributed by atoms with Crippen molar-refractivity contribution in [2.24, 2.45) is 0 Å². The maximum atomic E-state index is 2.43. The number of hydrogen-bond donors (Lipinski definition) is 0. The first-order chi connectivity index (χ1) is 28.7. The molecular weight excluding hydrogens is 777 g/mol. The second kappa shape index (κ2) is 12.9. The lowest BCUT2D eigenvalue weighted by Crippen LogP contribution is -2.01. The van der Waals surface area contributed by atoms with Gasteiger partial charge >= 0.3 is 0 Å². The van der Waals surface area contributed by atoms with Gasteiger partial charge in [-0.3, -0.25) is 0 Å². The molecule has 0 N–H and O–H groups in total. The monoisotopic (exact) mass is 808 g/mol. The molecule has 0 spiro atoms. The third kappa shape index (κ3) is 5.12. The van der Waals surface area contributed by atoms with Gasteiger partial charge in [-0.15, -0.1) is 34.0 Å².